The van der Waals surface area contributed by atoms with Gasteiger partial charge in [0.25, 0.3) is 0 Å². The largest absolute Gasteiger partial charge is 0.478 e. The highest BCUT2D eigenvalue weighted by atomic mass is 32.1. The number of hydrogen-bond acceptors (Lipinski definition) is 2. The van der Waals surface area contributed by atoms with E-state index in [0.717, 1.165) is 21.7 Å². The van der Waals surface area contributed by atoms with Crippen LogP contribution in [-0.2, 0) is 0 Å². The van der Waals surface area contributed by atoms with E-state index in [-0.39, 0.29) is 0 Å². The lowest BCUT2D eigenvalue weighted by atomic mass is 9.79. The van der Waals surface area contributed by atoms with Gasteiger partial charge in [0.2, 0.25) is 0 Å². The summed E-state index contributed by atoms with van der Waals surface area (Å²) in [5.74, 6) is -0.311. The van der Waals surface area contributed by atoms with E-state index in [0.29, 0.717) is 11.5 Å². The summed E-state index contributed by atoms with van der Waals surface area (Å²) in [6, 6.07) is 0. The maximum absolute atomic E-state index is 11.5. The van der Waals surface area contributed by atoms with Gasteiger partial charge in [-0.3, -0.25) is 0 Å². The van der Waals surface area contributed by atoms with Gasteiger partial charge in [-0.25, -0.2) is 4.79 Å². The highest BCUT2D eigenvalue weighted by molar-refractivity contribution is 7.12. The van der Waals surface area contributed by atoms with E-state index in [2.05, 4.69) is 13.8 Å². The van der Waals surface area contributed by atoms with Gasteiger partial charge in [-0.1, -0.05) is 12.5 Å². The average molecular weight is 264 g/mol. The van der Waals surface area contributed by atoms with Crippen molar-refractivity contribution in [2.24, 2.45) is 5.92 Å². The second-order valence-corrected chi connectivity index (χ2v) is 6.69. The number of thiophene rings is 1. The van der Waals surface area contributed by atoms with Crippen LogP contribution in [0.25, 0.3) is 5.57 Å². The van der Waals surface area contributed by atoms with Gasteiger partial charge in [0.15, 0.2) is 0 Å². The highest BCUT2D eigenvalue weighted by Crippen LogP contribution is 2.42. The molecule has 1 aromatic heterocycles. The first-order chi connectivity index (χ1) is 8.43. The number of carbonyl (C=O) groups is 1. The zero-order chi connectivity index (χ0) is 13.4. The summed E-state index contributed by atoms with van der Waals surface area (Å²) in [6.45, 7) is 8.33. The van der Waals surface area contributed by atoms with Crippen molar-refractivity contribution in [1.82, 2.24) is 0 Å². The van der Waals surface area contributed by atoms with E-state index in [9.17, 15) is 9.90 Å². The molecule has 1 aromatic rings. The molecule has 0 saturated heterocycles. The third-order valence-corrected chi connectivity index (χ3v) is 4.91. The quantitative estimate of drug-likeness (QED) is 0.843. The van der Waals surface area contributed by atoms with Crippen molar-refractivity contribution in [3.8, 4) is 0 Å². The minimum Gasteiger partial charge on any atom is -0.478 e. The normalized spacial score (nSPS) is 20.3. The van der Waals surface area contributed by atoms with Gasteiger partial charge >= 0.3 is 5.97 Å². The molecule has 1 atom stereocenters. The lowest BCUT2D eigenvalue weighted by Gasteiger charge is -2.25. The summed E-state index contributed by atoms with van der Waals surface area (Å²) in [6.07, 6.45) is 3.49. The number of hydrogen-bond donors (Lipinski definition) is 1. The van der Waals surface area contributed by atoms with Crippen LogP contribution in [0.3, 0.4) is 0 Å². The van der Waals surface area contributed by atoms with Gasteiger partial charge in [0.05, 0.1) is 5.56 Å². The molecule has 1 aliphatic rings. The van der Waals surface area contributed by atoms with Crippen LogP contribution >= 0.6 is 11.3 Å². The first-order valence-corrected chi connectivity index (χ1v) is 7.28. The van der Waals surface area contributed by atoms with Crippen LogP contribution in [0.1, 0.15) is 58.8 Å². The van der Waals surface area contributed by atoms with Gasteiger partial charge < -0.3 is 5.11 Å². The first-order valence-electron chi connectivity index (χ1n) is 6.46. The van der Waals surface area contributed by atoms with E-state index < -0.39 is 5.97 Å². The maximum Gasteiger partial charge on any atom is 0.337 e. The third kappa shape index (κ3) is 2.12. The number of carboxylic acids is 1. The lowest BCUT2D eigenvalue weighted by molar-refractivity contribution is 0.0696. The molecule has 18 heavy (non-hydrogen) atoms. The average Bonchev–Trinajstić information content (AvgIpc) is 2.54. The van der Waals surface area contributed by atoms with E-state index in [4.69, 9.17) is 0 Å². The van der Waals surface area contributed by atoms with Crippen molar-refractivity contribution < 1.29 is 9.90 Å². The molecule has 0 aliphatic heterocycles. The first kappa shape index (κ1) is 13.3. The molecule has 1 heterocycles. The number of allylic oxidation sites excluding steroid dienone is 2. The molecule has 98 valence electrons. The van der Waals surface area contributed by atoms with E-state index in [1.54, 1.807) is 11.3 Å². The molecule has 0 aromatic carbocycles. The number of aromatic carboxylic acids is 1. The fourth-order valence-electron chi connectivity index (χ4n) is 3.10. The number of aryl methyl sites for hydroxylation is 2. The Morgan fingerprint density at radius 1 is 1.28 bits per heavy atom. The molecule has 2 nitrogen and oxygen atoms in total. The predicted octanol–water partition coefficient (Wildman–Crippen LogP) is 4.66. The molecule has 1 aliphatic carbocycles. The Labute approximate surface area is 112 Å². The summed E-state index contributed by atoms with van der Waals surface area (Å²) in [4.78, 5) is 13.6. The summed E-state index contributed by atoms with van der Waals surface area (Å²) in [5.41, 5.74) is 4.20. The molecule has 0 radical (unpaired) electrons. The molecule has 0 unspecified atom stereocenters. The SMILES string of the molecule is CC1=C(c2c(C)sc(C)c2C(=O)O)[C@@H](C)CCC1. The van der Waals surface area contributed by atoms with Crippen LogP contribution in [-0.4, -0.2) is 11.1 Å². The van der Waals surface area contributed by atoms with Crippen LogP contribution in [0, 0.1) is 19.8 Å². The second kappa shape index (κ2) is 4.88. The summed E-state index contributed by atoms with van der Waals surface area (Å²) < 4.78 is 0. The zero-order valence-corrected chi connectivity index (χ0v) is 12.3. The molecule has 3 heteroatoms. The Hall–Kier alpha value is -1.09. The van der Waals surface area contributed by atoms with E-state index in [1.165, 1.54) is 24.0 Å². The van der Waals surface area contributed by atoms with Crippen LogP contribution in [0.5, 0.6) is 0 Å². The van der Waals surface area contributed by atoms with Gasteiger partial charge in [-0.05, 0) is 51.5 Å². The van der Waals surface area contributed by atoms with Crippen LogP contribution < -0.4 is 0 Å². The maximum atomic E-state index is 11.5. The van der Waals surface area contributed by atoms with Crippen LogP contribution in [0.4, 0.5) is 0 Å². The van der Waals surface area contributed by atoms with Crippen molar-refractivity contribution >= 4 is 22.9 Å². The number of rotatable bonds is 2. The molecule has 2 rings (SSSR count). The second-order valence-electron chi connectivity index (χ2n) is 5.26. The van der Waals surface area contributed by atoms with E-state index in [1.807, 2.05) is 13.8 Å². The summed E-state index contributed by atoms with van der Waals surface area (Å²) >= 11 is 1.61. The van der Waals surface area contributed by atoms with Gasteiger partial charge in [0.1, 0.15) is 0 Å². The molecule has 0 saturated carbocycles. The molecule has 0 fully saturated rings. The molecular formula is C15H20O2S. The van der Waals surface area contributed by atoms with Crippen molar-refractivity contribution in [3.63, 3.8) is 0 Å². The minimum atomic E-state index is -0.787. The molecule has 0 amide bonds. The predicted molar refractivity (Wildman–Crippen MR) is 76.4 cm³/mol. The Kier molecular flexibility index (Phi) is 3.62. The molecule has 1 N–H and O–H groups in total. The molecule has 0 bridgehead atoms. The summed E-state index contributed by atoms with van der Waals surface area (Å²) in [5, 5.41) is 9.45. The van der Waals surface area contributed by atoms with Crippen molar-refractivity contribution in [1.29, 1.82) is 0 Å². The lowest BCUT2D eigenvalue weighted by Crippen LogP contribution is -2.11. The van der Waals surface area contributed by atoms with Gasteiger partial charge in [0, 0.05) is 15.3 Å². The Morgan fingerprint density at radius 3 is 2.50 bits per heavy atom. The highest BCUT2D eigenvalue weighted by Gasteiger charge is 2.27. The molecular weight excluding hydrogens is 244 g/mol. The number of carboxylic acid groups (broad SMARTS) is 1. The van der Waals surface area contributed by atoms with E-state index >= 15 is 0 Å². The fourth-order valence-corrected chi connectivity index (χ4v) is 4.16. The molecule has 0 spiro atoms. The fraction of sp³-hybridized carbons (Fsp3) is 0.533. The van der Waals surface area contributed by atoms with Crippen molar-refractivity contribution in [2.45, 2.75) is 47.0 Å². The monoisotopic (exact) mass is 264 g/mol. The van der Waals surface area contributed by atoms with Crippen molar-refractivity contribution in [2.75, 3.05) is 0 Å². The zero-order valence-electron chi connectivity index (χ0n) is 11.5. The van der Waals surface area contributed by atoms with Gasteiger partial charge in [-0.2, -0.15) is 0 Å². The van der Waals surface area contributed by atoms with Crippen molar-refractivity contribution in [3.05, 3.63) is 26.5 Å². The summed E-state index contributed by atoms with van der Waals surface area (Å²) in [7, 11) is 0. The third-order valence-electron chi connectivity index (χ3n) is 3.89. The Balaban J connectivity index is 2.67. The van der Waals surface area contributed by atoms with Crippen LogP contribution in [0.2, 0.25) is 0 Å². The van der Waals surface area contributed by atoms with Gasteiger partial charge in [-0.15, -0.1) is 11.3 Å². The Morgan fingerprint density at radius 2 is 1.94 bits per heavy atom. The Bertz CT molecular complexity index is 523. The minimum absolute atomic E-state index is 0.476. The smallest absolute Gasteiger partial charge is 0.337 e. The topological polar surface area (TPSA) is 37.3 Å². The standard InChI is InChI=1S/C15H20O2S/c1-8-6-5-7-9(2)12(8)13-10(3)18-11(4)14(13)15(16)17/h8H,5-7H2,1-4H3,(H,16,17)/t8-/m0/s1. The van der Waals surface area contributed by atoms with Crippen LogP contribution in [0.15, 0.2) is 5.57 Å².